The Hall–Kier alpha value is -2.54. The van der Waals surface area contributed by atoms with Crippen molar-refractivity contribution in [3.63, 3.8) is 0 Å². The summed E-state index contributed by atoms with van der Waals surface area (Å²) < 4.78 is 5.74. The molecule has 7 heteroatoms. The first-order valence-corrected chi connectivity index (χ1v) is 7.87. The molecule has 0 saturated heterocycles. The van der Waals surface area contributed by atoms with Crippen LogP contribution in [0.5, 0.6) is 0 Å². The summed E-state index contributed by atoms with van der Waals surface area (Å²) in [5.74, 6) is -0.514. The number of hydrogen-bond acceptors (Lipinski definition) is 5. The Kier molecular flexibility index (Phi) is 3.73. The number of aryl methyl sites for hydroxylation is 4. The average Bonchev–Trinajstić information content (AvgIpc) is 2.82. The van der Waals surface area contributed by atoms with Gasteiger partial charge in [-0.15, -0.1) is 0 Å². The van der Waals surface area contributed by atoms with E-state index in [4.69, 9.17) is 0 Å². The Labute approximate surface area is 136 Å². The van der Waals surface area contributed by atoms with E-state index in [9.17, 15) is 9.59 Å². The molecule has 0 aliphatic heterocycles. The Bertz CT molecular complexity index is 968. The summed E-state index contributed by atoms with van der Waals surface area (Å²) in [6, 6.07) is 5.52. The number of nitrogens with one attached hydrogen (secondary N) is 1. The van der Waals surface area contributed by atoms with Crippen LogP contribution in [0.4, 0.5) is 5.69 Å². The highest BCUT2D eigenvalue weighted by molar-refractivity contribution is 7.06. The van der Waals surface area contributed by atoms with Crippen molar-refractivity contribution in [2.75, 3.05) is 5.32 Å². The highest BCUT2D eigenvalue weighted by Gasteiger charge is 2.19. The normalized spacial score (nSPS) is 11.0. The third-order valence-electron chi connectivity index (χ3n) is 3.70. The van der Waals surface area contributed by atoms with Gasteiger partial charge in [0.15, 0.2) is 5.69 Å². The first-order valence-electron chi connectivity index (χ1n) is 7.10. The average molecular weight is 328 g/mol. The van der Waals surface area contributed by atoms with Crippen LogP contribution in [0.1, 0.15) is 26.6 Å². The zero-order valence-electron chi connectivity index (χ0n) is 13.3. The number of rotatable bonds is 2. The van der Waals surface area contributed by atoms with Gasteiger partial charge < -0.3 is 5.32 Å². The highest BCUT2D eigenvalue weighted by Crippen LogP contribution is 2.23. The van der Waals surface area contributed by atoms with Crippen LogP contribution in [-0.4, -0.2) is 20.1 Å². The number of amides is 1. The molecule has 0 aliphatic rings. The summed E-state index contributed by atoms with van der Waals surface area (Å²) in [6.07, 6.45) is 0. The number of carbonyl (C=O) groups excluding carboxylic acids is 1. The van der Waals surface area contributed by atoms with Gasteiger partial charge in [0.2, 0.25) is 5.43 Å². The molecule has 118 valence electrons. The molecule has 0 aliphatic carbocycles. The van der Waals surface area contributed by atoms with E-state index in [0.29, 0.717) is 16.6 Å². The number of aromatic nitrogens is 3. The molecule has 2 heterocycles. The zero-order chi connectivity index (χ0) is 16.7. The molecule has 0 radical (unpaired) electrons. The van der Waals surface area contributed by atoms with E-state index in [1.54, 1.807) is 17.8 Å². The van der Waals surface area contributed by atoms with Crippen molar-refractivity contribution < 1.29 is 4.79 Å². The fraction of sp³-hybridized carbons (Fsp3) is 0.250. The van der Waals surface area contributed by atoms with Crippen LogP contribution in [0.3, 0.4) is 0 Å². The maximum atomic E-state index is 12.6. The van der Waals surface area contributed by atoms with Crippen LogP contribution < -0.4 is 10.7 Å². The molecule has 0 unspecified atom stereocenters. The van der Waals surface area contributed by atoms with E-state index in [1.165, 1.54) is 11.5 Å². The van der Waals surface area contributed by atoms with Crippen molar-refractivity contribution in [1.82, 2.24) is 14.2 Å². The van der Waals surface area contributed by atoms with Crippen LogP contribution in [-0.2, 0) is 7.05 Å². The smallest absolute Gasteiger partial charge is 0.280 e. The number of fused-ring (bicyclic) bond motifs is 1. The Balaban J connectivity index is 2.11. The predicted molar refractivity (Wildman–Crippen MR) is 91.3 cm³/mol. The van der Waals surface area contributed by atoms with Gasteiger partial charge >= 0.3 is 0 Å². The second kappa shape index (κ2) is 5.58. The molecule has 2 aromatic heterocycles. The molecule has 0 fully saturated rings. The fourth-order valence-corrected chi connectivity index (χ4v) is 3.13. The summed E-state index contributed by atoms with van der Waals surface area (Å²) in [4.78, 5) is 26.0. The molecule has 0 spiro atoms. The fourth-order valence-electron chi connectivity index (χ4n) is 2.47. The van der Waals surface area contributed by atoms with E-state index >= 15 is 0 Å². The molecule has 23 heavy (non-hydrogen) atoms. The number of hydrogen-bond donors (Lipinski definition) is 1. The first kappa shape index (κ1) is 15.4. The van der Waals surface area contributed by atoms with E-state index in [0.717, 1.165) is 16.1 Å². The van der Waals surface area contributed by atoms with Gasteiger partial charge in [0, 0.05) is 11.9 Å². The lowest BCUT2D eigenvalue weighted by molar-refractivity contribution is 0.101. The van der Waals surface area contributed by atoms with Gasteiger partial charge in [-0.2, -0.15) is 9.47 Å². The minimum absolute atomic E-state index is 0.115. The van der Waals surface area contributed by atoms with Crippen LogP contribution >= 0.6 is 11.5 Å². The molecule has 3 rings (SSSR count). The lowest BCUT2D eigenvalue weighted by Gasteiger charge is -2.09. The SMILES string of the molecule is Cc1ccc2c(c1)c(=O)c(C(=O)Nc1c(C)nsc1C)nn2C. The lowest BCUT2D eigenvalue weighted by atomic mass is 10.1. The monoisotopic (exact) mass is 328 g/mol. The Morgan fingerprint density at radius 2 is 2.00 bits per heavy atom. The van der Waals surface area contributed by atoms with Crippen LogP contribution in [0, 0.1) is 20.8 Å². The number of benzene rings is 1. The quantitative estimate of drug-likeness (QED) is 0.784. The van der Waals surface area contributed by atoms with Gasteiger partial charge in [-0.05, 0) is 44.4 Å². The van der Waals surface area contributed by atoms with Gasteiger partial charge in [-0.3, -0.25) is 14.3 Å². The third-order valence-corrected chi connectivity index (χ3v) is 4.54. The van der Waals surface area contributed by atoms with Gasteiger partial charge in [-0.1, -0.05) is 11.6 Å². The molecule has 1 N–H and O–H groups in total. The summed E-state index contributed by atoms with van der Waals surface area (Å²) >= 11 is 1.31. The van der Waals surface area contributed by atoms with Gasteiger partial charge in [-0.25, -0.2) is 0 Å². The van der Waals surface area contributed by atoms with Crippen LogP contribution in [0.25, 0.3) is 10.9 Å². The molecule has 6 nitrogen and oxygen atoms in total. The standard InChI is InChI=1S/C16H16N4O2S/c1-8-5-6-12-11(7-8)15(21)14(18-20(12)4)16(22)17-13-9(2)19-23-10(13)3/h5-7H,1-4H3,(H,17,22). The summed E-state index contributed by atoms with van der Waals surface area (Å²) in [6.45, 7) is 5.59. The molecule has 3 aromatic rings. The summed E-state index contributed by atoms with van der Waals surface area (Å²) in [5, 5.41) is 7.39. The lowest BCUT2D eigenvalue weighted by Crippen LogP contribution is -2.26. The van der Waals surface area contributed by atoms with E-state index in [2.05, 4.69) is 14.8 Å². The van der Waals surface area contributed by atoms with Crippen molar-refractivity contribution in [3.8, 4) is 0 Å². The number of carbonyl (C=O) groups is 1. The van der Waals surface area contributed by atoms with Crippen molar-refractivity contribution in [3.05, 3.63) is 50.3 Å². The molecule has 0 bridgehead atoms. The van der Waals surface area contributed by atoms with Gasteiger partial charge in [0.1, 0.15) is 0 Å². The molecule has 0 atom stereocenters. The van der Waals surface area contributed by atoms with Crippen molar-refractivity contribution in [2.24, 2.45) is 7.05 Å². The Morgan fingerprint density at radius 3 is 2.65 bits per heavy atom. The molecule has 1 amide bonds. The minimum atomic E-state index is -0.514. The predicted octanol–water partition coefficient (Wildman–Crippen LogP) is 2.57. The first-order chi connectivity index (χ1) is 10.9. The van der Waals surface area contributed by atoms with E-state index in [-0.39, 0.29) is 11.1 Å². The van der Waals surface area contributed by atoms with E-state index in [1.807, 2.05) is 32.9 Å². The largest absolute Gasteiger partial charge is 0.318 e. The Morgan fingerprint density at radius 1 is 1.26 bits per heavy atom. The second-order valence-electron chi connectivity index (χ2n) is 5.48. The van der Waals surface area contributed by atoms with Crippen molar-refractivity contribution >= 4 is 34.0 Å². The van der Waals surface area contributed by atoms with Crippen LogP contribution in [0.15, 0.2) is 23.0 Å². The van der Waals surface area contributed by atoms with Crippen LogP contribution in [0.2, 0.25) is 0 Å². The number of anilines is 1. The van der Waals surface area contributed by atoms with Crippen molar-refractivity contribution in [2.45, 2.75) is 20.8 Å². The second-order valence-corrected chi connectivity index (χ2v) is 6.45. The molecule has 1 aromatic carbocycles. The third kappa shape index (κ3) is 2.63. The molecular weight excluding hydrogens is 312 g/mol. The van der Waals surface area contributed by atoms with Crippen molar-refractivity contribution in [1.29, 1.82) is 0 Å². The van der Waals surface area contributed by atoms with Gasteiger partial charge in [0.05, 0.1) is 22.3 Å². The topological polar surface area (TPSA) is 76.9 Å². The maximum absolute atomic E-state index is 12.6. The van der Waals surface area contributed by atoms with E-state index < -0.39 is 5.91 Å². The number of nitrogens with zero attached hydrogens (tertiary/aromatic N) is 3. The summed E-state index contributed by atoms with van der Waals surface area (Å²) in [7, 11) is 1.72. The summed E-state index contributed by atoms with van der Waals surface area (Å²) in [5.41, 5.74) is 2.55. The highest BCUT2D eigenvalue weighted by atomic mass is 32.1. The van der Waals surface area contributed by atoms with Gasteiger partial charge in [0.25, 0.3) is 5.91 Å². The zero-order valence-corrected chi connectivity index (χ0v) is 14.1. The molecule has 0 saturated carbocycles. The molecular formula is C16H16N4O2S. The minimum Gasteiger partial charge on any atom is -0.318 e. The maximum Gasteiger partial charge on any atom is 0.280 e.